The fraction of sp³-hybridized carbons (Fsp3) is 0.562. The Kier molecular flexibility index (Phi) is 6.44. The highest BCUT2D eigenvalue weighted by Gasteiger charge is 2.23. The Morgan fingerprint density at radius 2 is 1.78 bits per heavy atom. The van der Waals surface area contributed by atoms with Crippen LogP contribution in [0.1, 0.15) is 34.1 Å². The van der Waals surface area contributed by atoms with Crippen molar-refractivity contribution in [1.29, 1.82) is 0 Å². The number of nitrogens with zero attached hydrogens (tertiary/aromatic N) is 1. The van der Waals surface area contributed by atoms with Crippen LogP contribution in [0.4, 0.5) is 5.69 Å². The second kappa shape index (κ2) is 7.68. The third kappa shape index (κ3) is 6.90. The molecule has 7 heteroatoms. The lowest BCUT2D eigenvalue weighted by Gasteiger charge is -2.25. The van der Waals surface area contributed by atoms with E-state index in [-0.39, 0.29) is 12.5 Å². The molecule has 0 unspecified atom stereocenters. The van der Waals surface area contributed by atoms with Gasteiger partial charge in [0.1, 0.15) is 12.3 Å². The average molecular weight is 342 g/mol. The van der Waals surface area contributed by atoms with Crippen LogP contribution >= 0.6 is 0 Å². The van der Waals surface area contributed by atoms with Crippen molar-refractivity contribution < 1.29 is 17.9 Å². The van der Waals surface area contributed by atoms with Gasteiger partial charge < -0.3 is 10.1 Å². The van der Waals surface area contributed by atoms with E-state index in [4.69, 9.17) is 4.74 Å². The molecule has 0 fully saturated rings. The van der Waals surface area contributed by atoms with Gasteiger partial charge in [-0.1, -0.05) is 6.92 Å². The molecule has 23 heavy (non-hydrogen) atoms. The number of carbonyl (C=O) groups excluding carboxylic acids is 1. The molecule has 130 valence electrons. The maximum atomic E-state index is 12.1. The SMILES string of the molecule is CCCOc1ccc(N(CC(=O)NC(C)(C)C)S(C)(=O)=O)cc1. The number of ether oxygens (including phenoxy) is 1. The summed E-state index contributed by atoms with van der Waals surface area (Å²) in [6.07, 6.45) is 1.98. The molecule has 6 nitrogen and oxygen atoms in total. The molecule has 1 rings (SSSR count). The van der Waals surface area contributed by atoms with Gasteiger partial charge >= 0.3 is 0 Å². The minimum Gasteiger partial charge on any atom is -0.494 e. The first kappa shape index (κ1) is 19.3. The van der Waals surface area contributed by atoms with Gasteiger partial charge in [0, 0.05) is 5.54 Å². The molecule has 0 aliphatic heterocycles. The lowest BCUT2D eigenvalue weighted by Crippen LogP contribution is -2.47. The van der Waals surface area contributed by atoms with E-state index in [1.807, 2.05) is 27.7 Å². The van der Waals surface area contributed by atoms with Crippen LogP contribution in [0.5, 0.6) is 5.75 Å². The molecule has 0 saturated heterocycles. The zero-order valence-corrected chi connectivity index (χ0v) is 15.2. The van der Waals surface area contributed by atoms with Crippen molar-refractivity contribution in [2.24, 2.45) is 0 Å². The van der Waals surface area contributed by atoms with Crippen molar-refractivity contribution in [3.63, 3.8) is 0 Å². The van der Waals surface area contributed by atoms with Crippen molar-refractivity contribution in [2.75, 3.05) is 23.7 Å². The third-order valence-corrected chi connectivity index (χ3v) is 3.94. The first-order chi connectivity index (χ1) is 10.5. The van der Waals surface area contributed by atoms with Crippen LogP contribution in [0.2, 0.25) is 0 Å². The molecular weight excluding hydrogens is 316 g/mol. The summed E-state index contributed by atoms with van der Waals surface area (Å²) >= 11 is 0. The smallest absolute Gasteiger partial charge is 0.241 e. The number of amides is 1. The minimum absolute atomic E-state index is 0.259. The maximum absolute atomic E-state index is 12.1. The zero-order chi connectivity index (χ0) is 17.7. The predicted molar refractivity (Wildman–Crippen MR) is 92.3 cm³/mol. The summed E-state index contributed by atoms with van der Waals surface area (Å²) in [6, 6.07) is 6.67. The molecule has 0 radical (unpaired) electrons. The molecule has 1 N–H and O–H groups in total. The molecule has 0 atom stereocenters. The highest BCUT2D eigenvalue weighted by atomic mass is 32.2. The Morgan fingerprint density at radius 1 is 1.22 bits per heavy atom. The third-order valence-electron chi connectivity index (χ3n) is 2.80. The van der Waals surface area contributed by atoms with E-state index in [2.05, 4.69) is 5.32 Å². The fourth-order valence-electron chi connectivity index (χ4n) is 1.92. The molecule has 1 aromatic carbocycles. The summed E-state index contributed by atoms with van der Waals surface area (Å²) in [5.41, 5.74) is 0.0124. The number of rotatable bonds is 7. The van der Waals surface area contributed by atoms with Gasteiger partial charge in [0.15, 0.2) is 0 Å². The van der Waals surface area contributed by atoms with Crippen molar-refractivity contribution in [3.05, 3.63) is 24.3 Å². The second-order valence-electron chi connectivity index (χ2n) is 6.41. The molecule has 1 amide bonds. The average Bonchev–Trinajstić information content (AvgIpc) is 2.40. The Labute approximate surface area is 138 Å². The maximum Gasteiger partial charge on any atom is 0.241 e. The summed E-state index contributed by atoms with van der Waals surface area (Å²) in [7, 11) is -3.57. The van der Waals surface area contributed by atoms with Crippen LogP contribution in [0.15, 0.2) is 24.3 Å². The molecule has 0 aliphatic carbocycles. The number of sulfonamides is 1. The van der Waals surface area contributed by atoms with Crippen molar-refractivity contribution in [3.8, 4) is 5.75 Å². The van der Waals surface area contributed by atoms with Gasteiger partial charge in [0.2, 0.25) is 15.9 Å². The van der Waals surface area contributed by atoms with E-state index in [9.17, 15) is 13.2 Å². The Balaban J connectivity index is 2.93. The van der Waals surface area contributed by atoms with Gasteiger partial charge in [0.05, 0.1) is 18.6 Å². The van der Waals surface area contributed by atoms with Crippen molar-refractivity contribution >= 4 is 21.6 Å². The van der Waals surface area contributed by atoms with Crippen molar-refractivity contribution in [2.45, 2.75) is 39.7 Å². The molecule has 0 bridgehead atoms. The van der Waals surface area contributed by atoms with Gasteiger partial charge in [-0.2, -0.15) is 0 Å². The Hall–Kier alpha value is -1.76. The lowest BCUT2D eigenvalue weighted by atomic mass is 10.1. The van der Waals surface area contributed by atoms with Gasteiger partial charge in [0.25, 0.3) is 0 Å². The number of hydrogen-bond acceptors (Lipinski definition) is 4. The van der Waals surface area contributed by atoms with E-state index in [1.165, 1.54) is 0 Å². The zero-order valence-electron chi connectivity index (χ0n) is 14.4. The van der Waals surface area contributed by atoms with E-state index >= 15 is 0 Å². The highest BCUT2D eigenvalue weighted by molar-refractivity contribution is 7.92. The van der Waals surface area contributed by atoms with Crippen LogP contribution in [0.3, 0.4) is 0 Å². The van der Waals surface area contributed by atoms with Gasteiger partial charge in [-0.05, 0) is 51.5 Å². The highest BCUT2D eigenvalue weighted by Crippen LogP contribution is 2.21. The van der Waals surface area contributed by atoms with E-state index < -0.39 is 15.6 Å². The van der Waals surface area contributed by atoms with Crippen LogP contribution in [-0.4, -0.2) is 39.3 Å². The quantitative estimate of drug-likeness (QED) is 0.824. The molecule has 0 saturated carbocycles. The monoisotopic (exact) mass is 342 g/mol. The van der Waals surface area contributed by atoms with Crippen LogP contribution in [-0.2, 0) is 14.8 Å². The summed E-state index contributed by atoms with van der Waals surface area (Å²) in [6.45, 7) is 7.88. The summed E-state index contributed by atoms with van der Waals surface area (Å²) in [5, 5.41) is 2.76. The van der Waals surface area contributed by atoms with Crippen LogP contribution in [0, 0.1) is 0 Å². The standard InChI is InChI=1S/C16H26N2O4S/c1-6-11-22-14-9-7-13(8-10-14)18(23(5,20)21)12-15(19)17-16(2,3)4/h7-10H,6,11-12H2,1-5H3,(H,17,19). The van der Waals surface area contributed by atoms with E-state index in [1.54, 1.807) is 24.3 Å². The first-order valence-electron chi connectivity index (χ1n) is 7.54. The normalized spacial score (nSPS) is 11.9. The Bertz CT molecular complexity index is 618. The summed E-state index contributed by atoms with van der Waals surface area (Å²) in [5.74, 6) is 0.317. The molecule has 0 aromatic heterocycles. The lowest BCUT2D eigenvalue weighted by molar-refractivity contribution is -0.121. The molecule has 0 spiro atoms. The predicted octanol–water partition coefficient (Wildman–Crippen LogP) is 2.16. The number of anilines is 1. The summed E-state index contributed by atoms with van der Waals surface area (Å²) in [4.78, 5) is 12.1. The van der Waals surface area contributed by atoms with Crippen LogP contribution in [0.25, 0.3) is 0 Å². The van der Waals surface area contributed by atoms with Gasteiger partial charge in [-0.3, -0.25) is 9.10 Å². The van der Waals surface area contributed by atoms with Crippen molar-refractivity contribution in [1.82, 2.24) is 5.32 Å². The van der Waals surface area contributed by atoms with E-state index in [0.29, 0.717) is 18.0 Å². The fourth-order valence-corrected chi connectivity index (χ4v) is 2.77. The molecule has 1 aromatic rings. The largest absolute Gasteiger partial charge is 0.494 e. The number of benzene rings is 1. The number of carbonyl (C=O) groups is 1. The molecule has 0 aliphatic rings. The van der Waals surface area contributed by atoms with Gasteiger partial charge in [-0.15, -0.1) is 0 Å². The topological polar surface area (TPSA) is 75.7 Å². The second-order valence-corrected chi connectivity index (χ2v) is 8.32. The minimum atomic E-state index is -3.57. The van der Waals surface area contributed by atoms with Gasteiger partial charge in [-0.25, -0.2) is 8.42 Å². The first-order valence-corrected chi connectivity index (χ1v) is 9.39. The Morgan fingerprint density at radius 3 is 2.22 bits per heavy atom. The summed E-state index contributed by atoms with van der Waals surface area (Å²) < 4.78 is 30.6. The number of nitrogens with one attached hydrogen (secondary N) is 1. The molecule has 0 heterocycles. The van der Waals surface area contributed by atoms with Crippen LogP contribution < -0.4 is 14.4 Å². The molecular formula is C16H26N2O4S. The van der Waals surface area contributed by atoms with E-state index in [0.717, 1.165) is 17.0 Å². The number of hydrogen-bond donors (Lipinski definition) is 1.